The molecule has 344 valence electrons. The first kappa shape index (κ1) is 57.2. The third-order valence-electron chi connectivity index (χ3n) is 9.40. The third-order valence-corrected chi connectivity index (χ3v) is 10.4. The molecule has 0 saturated carbocycles. The number of carbonyl (C=O) groups is 2. The minimum Gasteiger partial charge on any atom is -0.462 e. The lowest BCUT2D eigenvalue weighted by Crippen LogP contribution is -2.37. The van der Waals surface area contributed by atoms with Crippen molar-refractivity contribution in [1.29, 1.82) is 0 Å². The average molecular weight is 861 g/mol. The van der Waals surface area contributed by atoms with E-state index >= 15 is 0 Å². The van der Waals surface area contributed by atoms with Crippen LogP contribution < -0.4 is 0 Å². The van der Waals surface area contributed by atoms with Gasteiger partial charge in [-0.3, -0.25) is 18.6 Å². The lowest BCUT2D eigenvalue weighted by Gasteiger charge is -2.24. The van der Waals surface area contributed by atoms with Crippen molar-refractivity contribution in [3.63, 3.8) is 0 Å². The van der Waals surface area contributed by atoms with Gasteiger partial charge in [-0.25, -0.2) is 4.57 Å². The molecular weight excluding hydrogens is 774 g/mol. The Labute approximate surface area is 367 Å². The monoisotopic (exact) mass is 861 g/mol. The summed E-state index contributed by atoms with van der Waals surface area (Å²) in [5.74, 6) is -0.867. The summed E-state index contributed by atoms with van der Waals surface area (Å²) < 4.78 is 34.3. The Hall–Kier alpha value is -2.81. The van der Waals surface area contributed by atoms with E-state index in [-0.39, 0.29) is 26.1 Å². The van der Waals surface area contributed by atoms with Gasteiger partial charge in [-0.2, -0.15) is 0 Å². The number of allylic oxidation sites excluding steroid dienone is 14. The third kappa shape index (κ3) is 44.7. The second-order valence-electron chi connectivity index (χ2n) is 16.4. The second-order valence-corrected chi connectivity index (χ2v) is 17.9. The Balaban J connectivity index is 4.45. The Kier molecular flexibility index (Phi) is 39.6. The SMILES string of the molecule is CCCCC/C=C/C/C=C/C/C=C/C/C=C/CCCCCC(=O)OC[C@H](COP(=O)(O)OCC[N+](C)(C)C)OC(=O)CCCCCC/C=C/C/C=C/C/C=C/CCCCC. The van der Waals surface area contributed by atoms with Crippen LogP contribution in [-0.2, 0) is 32.7 Å². The van der Waals surface area contributed by atoms with Gasteiger partial charge in [-0.1, -0.05) is 144 Å². The number of esters is 2. The minimum atomic E-state index is -4.40. The van der Waals surface area contributed by atoms with E-state index in [0.29, 0.717) is 23.9 Å². The van der Waals surface area contributed by atoms with E-state index in [4.69, 9.17) is 18.5 Å². The zero-order chi connectivity index (χ0) is 44.3. The van der Waals surface area contributed by atoms with Crippen LogP contribution in [-0.4, -0.2) is 74.9 Å². The summed E-state index contributed by atoms with van der Waals surface area (Å²) in [5.41, 5.74) is 0. The summed E-state index contributed by atoms with van der Waals surface area (Å²) in [6.07, 6.45) is 53.4. The summed E-state index contributed by atoms with van der Waals surface area (Å²) in [7, 11) is 1.43. The van der Waals surface area contributed by atoms with Gasteiger partial charge in [0.1, 0.15) is 19.8 Å². The van der Waals surface area contributed by atoms with Crippen molar-refractivity contribution < 1.29 is 42.1 Å². The lowest BCUT2D eigenvalue weighted by molar-refractivity contribution is -0.870. The molecule has 1 unspecified atom stereocenters. The number of nitrogens with zero attached hydrogens (tertiary/aromatic N) is 1. The number of carbonyl (C=O) groups excluding carboxylic acids is 2. The molecule has 9 nitrogen and oxygen atoms in total. The number of phosphoric ester groups is 1. The predicted octanol–water partition coefficient (Wildman–Crippen LogP) is 13.6. The Morgan fingerprint density at radius 1 is 0.517 bits per heavy atom. The maximum atomic E-state index is 12.7. The van der Waals surface area contributed by atoms with Gasteiger partial charge in [-0.15, -0.1) is 0 Å². The smallest absolute Gasteiger partial charge is 0.462 e. The fourth-order valence-corrected chi connectivity index (χ4v) is 6.45. The molecule has 0 radical (unpaired) electrons. The van der Waals surface area contributed by atoms with E-state index in [0.717, 1.165) is 77.0 Å². The number of unbranched alkanes of at least 4 members (excludes halogenated alkanes) is 13. The number of quaternary nitrogens is 1. The van der Waals surface area contributed by atoms with Crippen LogP contribution in [0, 0.1) is 0 Å². The van der Waals surface area contributed by atoms with Crippen molar-refractivity contribution in [2.75, 3.05) is 47.5 Å². The first-order valence-corrected chi connectivity index (χ1v) is 24.8. The summed E-state index contributed by atoms with van der Waals surface area (Å²) >= 11 is 0. The van der Waals surface area contributed by atoms with Gasteiger partial charge >= 0.3 is 19.8 Å². The van der Waals surface area contributed by atoms with E-state index < -0.39 is 32.5 Å². The molecule has 0 aromatic rings. The molecule has 0 spiro atoms. The predicted molar refractivity (Wildman–Crippen MR) is 252 cm³/mol. The second kappa shape index (κ2) is 41.5. The van der Waals surface area contributed by atoms with Gasteiger partial charge in [-0.05, 0) is 96.3 Å². The molecule has 0 rings (SSSR count). The molecule has 0 amide bonds. The van der Waals surface area contributed by atoms with Crippen LogP contribution >= 0.6 is 7.82 Å². The van der Waals surface area contributed by atoms with Crippen molar-refractivity contribution in [3.8, 4) is 0 Å². The lowest BCUT2D eigenvalue weighted by atomic mass is 10.1. The highest BCUT2D eigenvalue weighted by Crippen LogP contribution is 2.43. The quantitative estimate of drug-likeness (QED) is 0.0213. The number of phosphoric acid groups is 1. The minimum absolute atomic E-state index is 0.0170. The number of hydrogen-bond acceptors (Lipinski definition) is 7. The number of rotatable bonds is 41. The van der Waals surface area contributed by atoms with Crippen LogP contribution in [0.1, 0.15) is 168 Å². The van der Waals surface area contributed by atoms with E-state index in [1.54, 1.807) is 0 Å². The van der Waals surface area contributed by atoms with Crippen molar-refractivity contribution in [3.05, 3.63) is 85.1 Å². The van der Waals surface area contributed by atoms with Crippen LogP contribution in [0.25, 0.3) is 0 Å². The fourth-order valence-electron chi connectivity index (χ4n) is 5.71. The van der Waals surface area contributed by atoms with Crippen molar-refractivity contribution >= 4 is 19.8 Å². The molecule has 0 heterocycles. The molecule has 1 N–H and O–H groups in total. The zero-order valence-corrected chi connectivity index (χ0v) is 39.6. The molecule has 60 heavy (non-hydrogen) atoms. The van der Waals surface area contributed by atoms with Gasteiger partial charge in [0, 0.05) is 12.8 Å². The van der Waals surface area contributed by atoms with Gasteiger partial charge in [0.25, 0.3) is 0 Å². The molecule has 0 saturated heterocycles. The summed E-state index contributed by atoms with van der Waals surface area (Å²) in [6.45, 7) is 4.28. The maximum absolute atomic E-state index is 12.7. The fraction of sp³-hybridized carbons (Fsp3) is 0.680. The number of hydrogen-bond donors (Lipinski definition) is 1. The summed E-state index contributed by atoms with van der Waals surface area (Å²) in [4.78, 5) is 35.4. The molecule has 0 aromatic heterocycles. The highest BCUT2D eigenvalue weighted by atomic mass is 31.2. The van der Waals surface area contributed by atoms with Crippen LogP contribution in [0.2, 0.25) is 0 Å². The molecule has 0 aliphatic rings. The van der Waals surface area contributed by atoms with Crippen LogP contribution in [0.15, 0.2) is 85.1 Å². The normalized spacial score (nSPS) is 14.3. The van der Waals surface area contributed by atoms with Gasteiger partial charge in [0.15, 0.2) is 6.10 Å². The Bertz CT molecular complexity index is 1290. The molecule has 0 aliphatic carbocycles. The molecular formula is C50H87NO8P+. The van der Waals surface area contributed by atoms with Crippen molar-refractivity contribution in [2.24, 2.45) is 0 Å². The van der Waals surface area contributed by atoms with Crippen molar-refractivity contribution in [1.82, 2.24) is 0 Å². The Morgan fingerprint density at radius 2 is 0.900 bits per heavy atom. The molecule has 0 bridgehead atoms. The highest BCUT2D eigenvalue weighted by Gasteiger charge is 2.27. The summed E-state index contributed by atoms with van der Waals surface area (Å²) in [5, 5.41) is 0. The molecule has 2 atom stereocenters. The van der Waals surface area contributed by atoms with E-state index in [9.17, 15) is 19.0 Å². The highest BCUT2D eigenvalue weighted by molar-refractivity contribution is 7.47. The zero-order valence-electron chi connectivity index (χ0n) is 38.7. The van der Waals surface area contributed by atoms with E-state index in [1.807, 2.05) is 21.1 Å². The topological polar surface area (TPSA) is 108 Å². The standard InChI is InChI=1S/C50H86NO8P/c1-6-8-10-12-14-16-18-20-22-24-25-27-28-30-32-34-36-38-40-42-49(52)56-46-48(47-58-60(54,55)57-45-44-51(3,4)5)59-50(53)43-41-39-37-35-33-31-29-26-23-21-19-17-15-13-11-9-7-2/h14-17,20-23,25,27,29-32,48H,6-13,18-19,24,26,28,33-47H2,1-5H3/p+1/b16-14+,17-15+,22-20+,23-21+,27-25+,31-29+,32-30+/t48-/m1/s1. The number of ether oxygens (including phenoxy) is 2. The average Bonchev–Trinajstić information content (AvgIpc) is 3.20. The molecule has 0 aliphatic heterocycles. The van der Waals surface area contributed by atoms with Crippen LogP contribution in [0.3, 0.4) is 0 Å². The van der Waals surface area contributed by atoms with Crippen molar-refractivity contribution in [2.45, 2.75) is 174 Å². The maximum Gasteiger partial charge on any atom is 0.472 e. The first-order chi connectivity index (χ1) is 29.0. The largest absolute Gasteiger partial charge is 0.472 e. The van der Waals surface area contributed by atoms with Crippen LogP contribution in [0.5, 0.6) is 0 Å². The molecule has 0 fully saturated rings. The molecule has 0 aromatic carbocycles. The van der Waals surface area contributed by atoms with Gasteiger partial charge in [0.05, 0.1) is 27.7 Å². The number of likely N-dealkylation sites (N-methyl/N-ethyl adjacent to an activating group) is 1. The summed E-state index contributed by atoms with van der Waals surface area (Å²) in [6, 6.07) is 0. The van der Waals surface area contributed by atoms with E-state index in [2.05, 4.69) is 98.9 Å². The van der Waals surface area contributed by atoms with Crippen LogP contribution in [0.4, 0.5) is 0 Å². The van der Waals surface area contributed by atoms with Gasteiger partial charge < -0.3 is 18.9 Å². The first-order valence-electron chi connectivity index (χ1n) is 23.3. The Morgan fingerprint density at radius 3 is 1.33 bits per heavy atom. The van der Waals surface area contributed by atoms with Gasteiger partial charge in [0.2, 0.25) is 0 Å². The van der Waals surface area contributed by atoms with E-state index in [1.165, 1.54) is 51.4 Å². The molecule has 10 heteroatoms.